The minimum Gasteiger partial charge on any atom is -0.397 e. The van der Waals surface area contributed by atoms with E-state index in [1.54, 1.807) is 6.20 Å². The molecule has 14 heavy (non-hydrogen) atoms. The van der Waals surface area contributed by atoms with Gasteiger partial charge in [0.25, 0.3) is 0 Å². The summed E-state index contributed by atoms with van der Waals surface area (Å²) in [7, 11) is 0. The molecule has 3 N–H and O–H groups in total. The summed E-state index contributed by atoms with van der Waals surface area (Å²) in [4.78, 5) is 4.30. The molecule has 0 atom stereocenters. The van der Waals surface area contributed by atoms with Gasteiger partial charge >= 0.3 is 0 Å². The van der Waals surface area contributed by atoms with E-state index < -0.39 is 0 Å². The molecule has 3 rings (SSSR count). The molecule has 0 aliphatic carbocycles. The Bertz CT molecular complexity index is 612. The van der Waals surface area contributed by atoms with Crippen LogP contribution in [0, 0.1) is 0 Å². The predicted molar refractivity (Wildman–Crippen MR) is 55.8 cm³/mol. The largest absolute Gasteiger partial charge is 0.397 e. The molecule has 68 valence electrons. The van der Waals surface area contributed by atoms with Gasteiger partial charge in [-0.15, -0.1) is 0 Å². The topological polar surface area (TPSA) is 67.6 Å². The van der Waals surface area contributed by atoms with Crippen LogP contribution in [0.1, 0.15) is 0 Å². The zero-order valence-electron chi connectivity index (χ0n) is 7.36. The Balaban J connectivity index is 2.64. The molecule has 1 aromatic carbocycles. The van der Waals surface area contributed by atoms with E-state index in [4.69, 9.17) is 5.73 Å². The Morgan fingerprint density at radius 2 is 2.14 bits per heavy atom. The lowest BCUT2D eigenvalue weighted by Gasteiger charge is -2.00. The van der Waals surface area contributed by atoms with Crippen molar-refractivity contribution in [2.24, 2.45) is 0 Å². The fourth-order valence-electron chi connectivity index (χ4n) is 1.64. The number of nitrogens with two attached hydrogens (primary N) is 1. The molecule has 0 radical (unpaired) electrons. The maximum absolute atomic E-state index is 5.82. The van der Waals surface area contributed by atoms with Crippen molar-refractivity contribution in [3.05, 3.63) is 30.6 Å². The first-order valence-electron chi connectivity index (χ1n) is 4.33. The number of aromatic amines is 1. The van der Waals surface area contributed by atoms with Crippen molar-refractivity contribution in [3.63, 3.8) is 0 Å². The lowest BCUT2D eigenvalue weighted by Crippen LogP contribution is -1.89. The van der Waals surface area contributed by atoms with Crippen LogP contribution in [0.3, 0.4) is 0 Å². The van der Waals surface area contributed by atoms with Crippen LogP contribution >= 0.6 is 0 Å². The van der Waals surface area contributed by atoms with Crippen LogP contribution < -0.4 is 5.73 Å². The number of H-pyrrole nitrogens is 1. The van der Waals surface area contributed by atoms with Crippen molar-refractivity contribution in [1.29, 1.82) is 0 Å². The number of hydrogen-bond donors (Lipinski definition) is 2. The smallest absolute Gasteiger partial charge is 0.103 e. The van der Waals surface area contributed by atoms with Crippen LogP contribution in [0.4, 0.5) is 5.69 Å². The number of anilines is 1. The van der Waals surface area contributed by atoms with Crippen molar-refractivity contribution in [1.82, 2.24) is 15.2 Å². The number of hydrogen-bond acceptors (Lipinski definition) is 3. The third kappa shape index (κ3) is 0.821. The lowest BCUT2D eigenvalue weighted by atomic mass is 10.1. The highest BCUT2D eigenvalue weighted by Gasteiger charge is 2.04. The number of nitrogens with zero attached hydrogens (tertiary/aromatic N) is 2. The fraction of sp³-hybridized carbons (Fsp3) is 0. The number of aromatic nitrogens is 3. The van der Waals surface area contributed by atoms with Gasteiger partial charge in [-0.2, -0.15) is 5.10 Å². The van der Waals surface area contributed by atoms with Crippen LogP contribution in [0.15, 0.2) is 30.6 Å². The molecule has 0 unspecified atom stereocenters. The standard InChI is InChI=1S/C10H8N4/c11-8-3-1-2-7-9-6(5-13-14-9)4-12-10(7)8/h1-5H,11H2,(H,13,14). The summed E-state index contributed by atoms with van der Waals surface area (Å²) >= 11 is 0. The first kappa shape index (κ1) is 7.32. The number of para-hydroxylation sites is 1. The highest BCUT2D eigenvalue weighted by molar-refractivity contribution is 6.06. The molecule has 4 nitrogen and oxygen atoms in total. The van der Waals surface area contributed by atoms with Gasteiger partial charge in [0.2, 0.25) is 0 Å². The molecule has 4 heteroatoms. The molecular formula is C10H8N4. The fourth-order valence-corrected chi connectivity index (χ4v) is 1.64. The normalized spacial score (nSPS) is 11.1. The van der Waals surface area contributed by atoms with Gasteiger partial charge in [0, 0.05) is 23.2 Å². The van der Waals surface area contributed by atoms with Crippen molar-refractivity contribution in [2.45, 2.75) is 0 Å². The number of rotatable bonds is 0. The Morgan fingerprint density at radius 3 is 3.07 bits per heavy atom. The third-order valence-electron chi connectivity index (χ3n) is 2.32. The second-order valence-electron chi connectivity index (χ2n) is 3.19. The lowest BCUT2D eigenvalue weighted by molar-refractivity contribution is 1.12. The Kier molecular flexibility index (Phi) is 1.28. The van der Waals surface area contributed by atoms with E-state index >= 15 is 0 Å². The minimum absolute atomic E-state index is 0.687. The zero-order valence-corrected chi connectivity index (χ0v) is 7.36. The number of nitrogens with one attached hydrogen (secondary N) is 1. The van der Waals surface area contributed by atoms with Crippen LogP contribution in [-0.2, 0) is 0 Å². The third-order valence-corrected chi connectivity index (χ3v) is 2.32. The predicted octanol–water partition coefficient (Wildman–Crippen LogP) is 1.69. The summed E-state index contributed by atoms with van der Waals surface area (Å²) in [6, 6.07) is 5.73. The molecule has 2 aromatic heterocycles. The summed E-state index contributed by atoms with van der Waals surface area (Å²) < 4.78 is 0. The van der Waals surface area contributed by atoms with E-state index in [1.807, 2.05) is 24.4 Å². The first-order chi connectivity index (χ1) is 6.86. The molecule has 0 spiro atoms. The number of fused-ring (bicyclic) bond motifs is 3. The van der Waals surface area contributed by atoms with Crippen LogP contribution in [0.2, 0.25) is 0 Å². The van der Waals surface area contributed by atoms with Gasteiger partial charge in [0.05, 0.1) is 11.2 Å². The van der Waals surface area contributed by atoms with Gasteiger partial charge in [-0.3, -0.25) is 10.1 Å². The second kappa shape index (κ2) is 2.45. The molecular weight excluding hydrogens is 176 g/mol. The Morgan fingerprint density at radius 1 is 1.21 bits per heavy atom. The summed E-state index contributed by atoms with van der Waals surface area (Å²) in [6.45, 7) is 0. The summed E-state index contributed by atoms with van der Waals surface area (Å²) in [5, 5.41) is 8.98. The number of benzene rings is 1. The summed E-state index contributed by atoms with van der Waals surface area (Å²) in [5.41, 5.74) is 8.23. The highest BCUT2D eigenvalue weighted by atomic mass is 15.1. The van der Waals surface area contributed by atoms with Gasteiger partial charge in [-0.05, 0) is 6.07 Å². The second-order valence-corrected chi connectivity index (χ2v) is 3.19. The summed E-state index contributed by atoms with van der Waals surface area (Å²) in [5.74, 6) is 0. The van der Waals surface area contributed by atoms with Gasteiger partial charge < -0.3 is 5.73 Å². The SMILES string of the molecule is Nc1cccc2c1ncc1c[nH]nc12. The molecule has 0 aliphatic rings. The molecule has 0 saturated carbocycles. The van der Waals surface area contributed by atoms with E-state index in [-0.39, 0.29) is 0 Å². The van der Waals surface area contributed by atoms with Crippen molar-refractivity contribution in [3.8, 4) is 0 Å². The van der Waals surface area contributed by atoms with Crippen LogP contribution in [0.25, 0.3) is 21.8 Å². The quantitative estimate of drug-likeness (QED) is 0.522. The van der Waals surface area contributed by atoms with E-state index in [0.717, 1.165) is 21.8 Å². The maximum Gasteiger partial charge on any atom is 0.103 e. The highest BCUT2D eigenvalue weighted by Crippen LogP contribution is 2.24. The average Bonchev–Trinajstić information content (AvgIpc) is 2.66. The molecule has 3 aromatic rings. The molecule has 0 aliphatic heterocycles. The van der Waals surface area contributed by atoms with E-state index in [0.29, 0.717) is 5.69 Å². The van der Waals surface area contributed by atoms with E-state index in [2.05, 4.69) is 15.2 Å². The van der Waals surface area contributed by atoms with Crippen LogP contribution in [0.5, 0.6) is 0 Å². The molecule has 2 heterocycles. The van der Waals surface area contributed by atoms with Crippen molar-refractivity contribution >= 4 is 27.5 Å². The van der Waals surface area contributed by atoms with Gasteiger partial charge in [0.1, 0.15) is 5.52 Å². The molecule has 0 fully saturated rings. The Hall–Kier alpha value is -2.10. The van der Waals surface area contributed by atoms with Crippen molar-refractivity contribution < 1.29 is 0 Å². The molecule has 0 bridgehead atoms. The first-order valence-corrected chi connectivity index (χ1v) is 4.33. The summed E-state index contributed by atoms with van der Waals surface area (Å²) in [6.07, 6.45) is 3.60. The zero-order chi connectivity index (χ0) is 9.54. The number of pyridine rings is 1. The van der Waals surface area contributed by atoms with Gasteiger partial charge in [0.15, 0.2) is 0 Å². The number of nitrogen functional groups attached to an aromatic ring is 1. The van der Waals surface area contributed by atoms with Crippen molar-refractivity contribution in [2.75, 3.05) is 5.73 Å². The van der Waals surface area contributed by atoms with Crippen LogP contribution in [-0.4, -0.2) is 15.2 Å². The maximum atomic E-state index is 5.82. The average molecular weight is 184 g/mol. The van der Waals surface area contributed by atoms with Gasteiger partial charge in [-0.1, -0.05) is 12.1 Å². The van der Waals surface area contributed by atoms with E-state index in [9.17, 15) is 0 Å². The molecule has 0 amide bonds. The monoisotopic (exact) mass is 184 g/mol. The Labute approximate surface area is 79.8 Å². The van der Waals surface area contributed by atoms with Gasteiger partial charge in [-0.25, -0.2) is 0 Å². The van der Waals surface area contributed by atoms with E-state index in [1.165, 1.54) is 0 Å². The molecule has 0 saturated heterocycles. The minimum atomic E-state index is 0.687.